The van der Waals surface area contributed by atoms with E-state index >= 15 is 0 Å². The van der Waals surface area contributed by atoms with Gasteiger partial charge in [-0.2, -0.15) is 5.26 Å². The monoisotopic (exact) mass is 259 g/mol. The van der Waals surface area contributed by atoms with E-state index in [-0.39, 0.29) is 18.1 Å². The zero-order chi connectivity index (χ0) is 13.7. The summed E-state index contributed by atoms with van der Waals surface area (Å²) in [7, 11) is 0. The zero-order valence-electron chi connectivity index (χ0n) is 9.76. The Labute approximate surface area is 108 Å². The van der Waals surface area contributed by atoms with Gasteiger partial charge in [-0.1, -0.05) is 6.07 Å². The van der Waals surface area contributed by atoms with E-state index in [2.05, 4.69) is 10.1 Å². The van der Waals surface area contributed by atoms with Gasteiger partial charge in [0.2, 0.25) is 0 Å². The number of hydrogen-bond donors (Lipinski definition) is 0. The van der Waals surface area contributed by atoms with Gasteiger partial charge in [0.1, 0.15) is 24.8 Å². The molecule has 1 heterocycles. The summed E-state index contributed by atoms with van der Waals surface area (Å²) in [5, 5.41) is 23.0. The van der Waals surface area contributed by atoms with Crippen molar-refractivity contribution in [2.75, 3.05) is 6.61 Å². The van der Waals surface area contributed by atoms with Crippen molar-refractivity contribution in [2.24, 2.45) is 0 Å². The fourth-order valence-corrected chi connectivity index (χ4v) is 1.40. The molecular formula is C11H9N5O3. The summed E-state index contributed by atoms with van der Waals surface area (Å²) in [6.45, 7) is 0.673. The van der Waals surface area contributed by atoms with E-state index in [1.54, 1.807) is 12.1 Å². The summed E-state index contributed by atoms with van der Waals surface area (Å²) >= 11 is 0. The summed E-state index contributed by atoms with van der Waals surface area (Å²) in [4.78, 5) is 13.8. The second kappa shape index (κ2) is 5.59. The van der Waals surface area contributed by atoms with Crippen molar-refractivity contribution in [3.8, 4) is 11.8 Å². The van der Waals surface area contributed by atoms with Gasteiger partial charge in [0.05, 0.1) is 17.5 Å². The van der Waals surface area contributed by atoms with Crippen molar-refractivity contribution >= 4 is 5.69 Å². The second-order valence-corrected chi connectivity index (χ2v) is 3.55. The summed E-state index contributed by atoms with van der Waals surface area (Å²) in [6.07, 6.45) is 1.43. The first-order chi connectivity index (χ1) is 9.19. The molecular weight excluding hydrogens is 250 g/mol. The molecule has 0 aliphatic heterocycles. The largest absolute Gasteiger partial charge is 0.491 e. The molecule has 0 unspecified atom stereocenters. The van der Waals surface area contributed by atoms with E-state index in [9.17, 15) is 10.1 Å². The third-order valence-corrected chi connectivity index (χ3v) is 2.25. The molecule has 8 heteroatoms. The van der Waals surface area contributed by atoms with Gasteiger partial charge in [-0.05, 0) is 6.07 Å². The van der Waals surface area contributed by atoms with Crippen LogP contribution in [-0.2, 0) is 6.54 Å². The van der Waals surface area contributed by atoms with Crippen molar-refractivity contribution in [1.29, 1.82) is 5.26 Å². The number of nitrogens with zero attached hydrogens (tertiary/aromatic N) is 5. The van der Waals surface area contributed by atoms with E-state index < -0.39 is 4.92 Å². The molecule has 0 N–H and O–H groups in total. The number of nitriles is 1. The standard InChI is InChI=1S/C11H9N5O3/c12-7-11-13-8-15(14-11)4-5-19-10-3-1-2-9(6-10)16(17)18/h1-3,6,8H,4-5H2. The lowest BCUT2D eigenvalue weighted by atomic mass is 10.3. The second-order valence-electron chi connectivity index (χ2n) is 3.55. The lowest BCUT2D eigenvalue weighted by molar-refractivity contribution is -0.384. The Hall–Kier alpha value is -2.95. The molecule has 0 fully saturated rings. The van der Waals surface area contributed by atoms with Crippen LogP contribution in [0, 0.1) is 21.4 Å². The van der Waals surface area contributed by atoms with E-state index in [4.69, 9.17) is 10.00 Å². The molecule has 0 radical (unpaired) electrons. The highest BCUT2D eigenvalue weighted by atomic mass is 16.6. The summed E-state index contributed by atoms with van der Waals surface area (Å²) in [5.41, 5.74) is -0.0231. The number of rotatable bonds is 5. The van der Waals surface area contributed by atoms with Crippen LogP contribution < -0.4 is 4.74 Å². The van der Waals surface area contributed by atoms with Gasteiger partial charge in [-0.25, -0.2) is 9.67 Å². The minimum Gasteiger partial charge on any atom is -0.491 e. The Bertz CT molecular complexity index is 631. The Morgan fingerprint density at radius 3 is 3.05 bits per heavy atom. The van der Waals surface area contributed by atoms with Gasteiger partial charge in [0.25, 0.3) is 11.5 Å². The van der Waals surface area contributed by atoms with E-state index in [0.29, 0.717) is 12.3 Å². The van der Waals surface area contributed by atoms with Gasteiger partial charge < -0.3 is 4.74 Å². The summed E-state index contributed by atoms with van der Waals surface area (Å²) in [6, 6.07) is 7.74. The molecule has 0 saturated carbocycles. The Morgan fingerprint density at radius 1 is 1.53 bits per heavy atom. The minimum atomic E-state index is -0.483. The fraction of sp³-hybridized carbons (Fsp3) is 0.182. The van der Waals surface area contributed by atoms with E-state index in [1.165, 1.54) is 23.1 Å². The highest BCUT2D eigenvalue weighted by Crippen LogP contribution is 2.18. The lowest BCUT2D eigenvalue weighted by Crippen LogP contribution is -2.08. The number of ether oxygens (including phenoxy) is 1. The normalized spacial score (nSPS) is 9.84. The average Bonchev–Trinajstić information content (AvgIpc) is 2.87. The number of non-ortho nitro benzene ring substituents is 1. The third kappa shape index (κ3) is 3.26. The van der Waals surface area contributed by atoms with Crippen molar-refractivity contribution in [3.63, 3.8) is 0 Å². The van der Waals surface area contributed by atoms with Crippen LogP contribution in [-0.4, -0.2) is 26.3 Å². The number of hydrogen-bond acceptors (Lipinski definition) is 6. The van der Waals surface area contributed by atoms with E-state index in [0.717, 1.165) is 0 Å². The first kappa shape index (κ1) is 12.5. The molecule has 2 rings (SSSR count). The topological polar surface area (TPSA) is 107 Å². The summed E-state index contributed by atoms with van der Waals surface area (Å²) in [5.74, 6) is 0.505. The van der Waals surface area contributed by atoms with Gasteiger partial charge in [0, 0.05) is 6.07 Å². The summed E-state index contributed by atoms with van der Waals surface area (Å²) < 4.78 is 6.84. The lowest BCUT2D eigenvalue weighted by Gasteiger charge is -2.05. The molecule has 0 bridgehead atoms. The molecule has 0 amide bonds. The van der Waals surface area contributed by atoms with Crippen LogP contribution in [0.2, 0.25) is 0 Å². The average molecular weight is 259 g/mol. The molecule has 0 saturated heterocycles. The van der Waals surface area contributed by atoms with E-state index in [1.807, 2.05) is 6.07 Å². The van der Waals surface area contributed by atoms with Crippen LogP contribution in [0.3, 0.4) is 0 Å². The molecule has 19 heavy (non-hydrogen) atoms. The molecule has 8 nitrogen and oxygen atoms in total. The van der Waals surface area contributed by atoms with Crippen molar-refractivity contribution in [3.05, 3.63) is 46.5 Å². The zero-order valence-corrected chi connectivity index (χ0v) is 9.76. The molecule has 1 aromatic carbocycles. The van der Waals surface area contributed by atoms with Gasteiger partial charge in [0.15, 0.2) is 0 Å². The van der Waals surface area contributed by atoms with Crippen molar-refractivity contribution in [2.45, 2.75) is 6.54 Å². The Morgan fingerprint density at radius 2 is 2.37 bits per heavy atom. The van der Waals surface area contributed by atoms with Gasteiger partial charge in [-0.3, -0.25) is 10.1 Å². The SMILES string of the molecule is N#Cc1ncn(CCOc2cccc([N+](=O)[O-])c2)n1. The smallest absolute Gasteiger partial charge is 0.273 e. The van der Waals surface area contributed by atoms with Crippen LogP contribution in [0.5, 0.6) is 5.75 Å². The molecule has 1 aromatic heterocycles. The maximum Gasteiger partial charge on any atom is 0.273 e. The van der Waals surface area contributed by atoms with Gasteiger partial charge in [-0.15, -0.1) is 5.10 Å². The highest BCUT2D eigenvalue weighted by molar-refractivity contribution is 5.37. The molecule has 2 aromatic rings. The van der Waals surface area contributed by atoms with Gasteiger partial charge >= 0.3 is 0 Å². The number of nitro benzene ring substituents is 1. The van der Waals surface area contributed by atoms with Crippen molar-refractivity contribution in [1.82, 2.24) is 14.8 Å². The van der Waals surface area contributed by atoms with Crippen molar-refractivity contribution < 1.29 is 9.66 Å². The quantitative estimate of drug-likeness (QED) is 0.588. The first-order valence-electron chi connectivity index (χ1n) is 5.36. The van der Waals surface area contributed by atoms with Crippen LogP contribution in [0.15, 0.2) is 30.6 Å². The highest BCUT2D eigenvalue weighted by Gasteiger charge is 2.06. The van der Waals surface area contributed by atoms with Crippen LogP contribution in [0.25, 0.3) is 0 Å². The Kier molecular flexibility index (Phi) is 3.68. The first-order valence-corrected chi connectivity index (χ1v) is 5.36. The number of aromatic nitrogens is 3. The predicted octanol–water partition coefficient (Wildman–Crippen LogP) is 1.14. The Balaban J connectivity index is 1.90. The predicted molar refractivity (Wildman–Crippen MR) is 63.3 cm³/mol. The molecule has 96 valence electrons. The third-order valence-electron chi connectivity index (χ3n) is 2.25. The number of nitro groups is 1. The molecule has 0 spiro atoms. The molecule has 0 aliphatic carbocycles. The molecule has 0 aliphatic rings. The fourth-order valence-electron chi connectivity index (χ4n) is 1.40. The maximum absolute atomic E-state index is 10.6. The number of benzene rings is 1. The van der Waals surface area contributed by atoms with Crippen LogP contribution >= 0.6 is 0 Å². The molecule has 0 atom stereocenters. The maximum atomic E-state index is 10.6. The minimum absolute atomic E-state index is 0.0231. The van der Waals surface area contributed by atoms with Crippen LogP contribution in [0.4, 0.5) is 5.69 Å². The van der Waals surface area contributed by atoms with Crippen LogP contribution in [0.1, 0.15) is 5.82 Å².